The second-order valence-electron chi connectivity index (χ2n) is 7.87. The first kappa shape index (κ1) is 21.1. The third kappa shape index (κ3) is 3.63. The van der Waals surface area contributed by atoms with E-state index in [0.717, 1.165) is 5.56 Å². The number of rotatable bonds is 5. The third-order valence-electron chi connectivity index (χ3n) is 5.91. The monoisotopic (exact) mass is 463 g/mol. The zero-order chi connectivity index (χ0) is 23.1. The van der Waals surface area contributed by atoms with Gasteiger partial charge in [0.1, 0.15) is 5.92 Å². The predicted octanol–water partition coefficient (Wildman–Crippen LogP) is 4.29. The number of carbonyl (C=O) groups excluding carboxylic acids is 2. The number of nitro benzene ring substituents is 1. The molecule has 5 rings (SSSR count). The van der Waals surface area contributed by atoms with Crippen molar-refractivity contribution in [2.75, 3.05) is 5.06 Å². The van der Waals surface area contributed by atoms with Crippen LogP contribution in [0.5, 0.6) is 0 Å². The van der Waals surface area contributed by atoms with Crippen LogP contribution in [-0.4, -0.2) is 27.7 Å². The molecule has 166 valence electrons. The van der Waals surface area contributed by atoms with Crippen molar-refractivity contribution in [2.24, 2.45) is 5.92 Å². The van der Waals surface area contributed by atoms with Gasteiger partial charge in [-0.2, -0.15) is 0 Å². The highest BCUT2D eigenvalue weighted by molar-refractivity contribution is 6.31. The Labute approximate surface area is 194 Å². The molecule has 2 amide bonds. The summed E-state index contributed by atoms with van der Waals surface area (Å²) in [6.07, 6.45) is -1.05. The molecule has 33 heavy (non-hydrogen) atoms. The predicted molar refractivity (Wildman–Crippen MR) is 120 cm³/mol. The maximum absolute atomic E-state index is 13.5. The lowest BCUT2D eigenvalue weighted by Crippen LogP contribution is -2.37. The molecule has 3 atom stereocenters. The van der Waals surface area contributed by atoms with Crippen LogP contribution in [0.25, 0.3) is 0 Å². The fourth-order valence-electron chi connectivity index (χ4n) is 4.39. The third-order valence-corrected chi connectivity index (χ3v) is 6.25. The molecule has 0 aromatic heterocycles. The number of hydroxylamine groups is 1. The van der Waals surface area contributed by atoms with E-state index in [1.807, 2.05) is 30.3 Å². The maximum Gasteiger partial charge on any atom is 0.271 e. The van der Waals surface area contributed by atoms with Gasteiger partial charge in [0.15, 0.2) is 6.10 Å². The molecule has 2 saturated heterocycles. The van der Waals surface area contributed by atoms with Crippen molar-refractivity contribution in [3.63, 3.8) is 0 Å². The Balaban J connectivity index is 1.56. The molecule has 0 saturated carbocycles. The van der Waals surface area contributed by atoms with Gasteiger partial charge in [-0.15, -0.1) is 0 Å². The molecule has 0 unspecified atom stereocenters. The van der Waals surface area contributed by atoms with Gasteiger partial charge in [-0.3, -0.25) is 29.4 Å². The number of hydrogen-bond donors (Lipinski definition) is 0. The Hall–Kier alpha value is -3.75. The van der Waals surface area contributed by atoms with Gasteiger partial charge in [0.25, 0.3) is 11.6 Å². The average molecular weight is 464 g/mol. The zero-order valence-electron chi connectivity index (χ0n) is 17.2. The van der Waals surface area contributed by atoms with Crippen molar-refractivity contribution < 1.29 is 19.3 Å². The SMILES string of the molecule is O=C1[C@@H]2[C@H](ON(c3cccc([N+](=O)[O-])c3)[C@@H]2c2ccccc2Cl)C(=O)N1Cc1ccccc1. The molecule has 0 bridgehead atoms. The Morgan fingerprint density at radius 2 is 1.67 bits per heavy atom. The van der Waals surface area contributed by atoms with Crippen LogP contribution in [0, 0.1) is 16.0 Å². The first-order valence-electron chi connectivity index (χ1n) is 10.3. The van der Waals surface area contributed by atoms with Crippen LogP contribution in [0.2, 0.25) is 5.02 Å². The smallest absolute Gasteiger partial charge is 0.271 e. The Morgan fingerprint density at radius 3 is 2.39 bits per heavy atom. The van der Waals surface area contributed by atoms with Crippen molar-refractivity contribution in [1.82, 2.24) is 4.90 Å². The van der Waals surface area contributed by atoms with E-state index in [-0.39, 0.29) is 18.1 Å². The number of nitro groups is 1. The summed E-state index contributed by atoms with van der Waals surface area (Å²) >= 11 is 6.48. The van der Waals surface area contributed by atoms with Crippen LogP contribution < -0.4 is 5.06 Å². The highest BCUT2D eigenvalue weighted by Crippen LogP contribution is 2.48. The normalized spacial score (nSPS) is 22.0. The number of non-ortho nitro benzene ring substituents is 1. The molecular formula is C24H18ClN3O5. The van der Waals surface area contributed by atoms with Gasteiger partial charge in [-0.25, -0.2) is 5.06 Å². The molecule has 9 heteroatoms. The lowest BCUT2D eigenvalue weighted by molar-refractivity contribution is -0.384. The summed E-state index contributed by atoms with van der Waals surface area (Å²) in [5, 5.41) is 13.1. The molecule has 2 aliphatic heterocycles. The number of nitrogens with zero attached hydrogens (tertiary/aromatic N) is 3. The number of carbonyl (C=O) groups is 2. The van der Waals surface area contributed by atoms with E-state index in [9.17, 15) is 19.7 Å². The minimum absolute atomic E-state index is 0.130. The van der Waals surface area contributed by atoms with Gasteiger partial charge in [0, 0.05) is 17.2 Å². The molecule has 2 heterocycles. The number of benzene rings is 3. The van der Waals surface area contributed by atoms with Crippen molar-refractivity contribution >= 4 is 34.8 Å². The summed E-state index contributed by atoms with van der Waals surface area (Å²) in [5.41, 5.74) is 1.65. The van der Waals surface area contributed by atoms with Gasteiger partial charge in [0.2, 0.25) is 5.91 Å². The van der Waals surface area contributed by atoms with Crippen molar-refractivity contribution in [2.45, 2.75) is 18.7 Å². The number of fused-ring (bicyclic) bond motifs is 1. The summed E-state index contributed by atoms with van der Waals surface area (Å²) in [5.74, 6) is -1.66. The molecular weight excluding hydrogens is 446 g/mol. The zero-order valence-corrected chi connectivity index (χ0v) is 18.0. The summed E-state index contributed by atoms with van der Waals surface area (Å²) in [7, 11) is 0. The van der Waals surface area contributed by atoms with Gasteiger partial charge >= 0.3 is 0 Å². The van der Waals surface area contributed by atoms with Crippen LogP contribution in [0.15, 0.2) is 78.9 Å². The average Bonchev–Trinajstić information content (AvgIpc) is 3.32. The lowest BCUT2D eigenvalue weighted by Gasteiger charge is -2.29. The summed E-state index contributed by atoms with van der Waals surface area (Å²) in [6, 6.07) is 21.4. The fourth-order valence-corrected chi connectivity index (χ4v) is 4.64. The highest BCUT2D eigenvalue weighted by atomic mass is 35.5. The lowest BCUT2D eigenvalue weighted by atomic mass is 9.90. The molecule has 0 spiro atoms. The number of imide groups is 1. The van der Waals surface area contributed by atoms with E-state index in [4.69, 9.17) is 16.4 Å². The Bertz CT molecular complexity index is 1250. The number of amides is 2. The number of anilines is 1. The Morgan fingerprint density at radius 1 is 0.939 bits per heavy atom. The largest absolute Gasteiger partial charge is 0.275 e. The number of likely N-dealkylation sites (tertiary alicyclic amines) is 1. The van der Waals surface area contributed by atoms with E-state index in [1.165, 1.54) is 28.2 Å². The molecule has 3 aromatic rings. The van der Waals surface area contributed by atoms with E-state index >= 15 is 0 Å². The van der Waals surface area contributed by atoms with Crippen LogP contribution in [-0.2, 0) is 21.0 Å². The molecule has 0 radical (unpaired) electrons. The van der Waals surface area contributed by atoms with Gasteiger partial charge in [-0.05, 0) is 23.3 Å². The number of halogens is 1. The van der Waals surface area contributed by atoms with E-state index in [0.29, 0.717) is 16.3 Å². The quantitative estimate of drug-likeness (QED) is 0.318. The van der Waals surface area contributed by atoms with Crippen LogP contribution in [0.4, 0.5) is 11.4 Å². The Kier molecular flexibility index (Phi) is 5.32. The first-order valence-corrected chi connectivity index (χ1v) is 10.7. The van der Waals surface area contributed by atoms with Crippen molar-refractivity contribution in [1.29, 1.82) is 0 Å². The second-order valence-corrected chi connectivity index (χ2v) is 8.28. The molecule has 3 aromatic carbocycles. The maximum atomic E-state index is 13.5. The minimum atomic E-state index is -1.05. The molecule has 0 N–H and O–H groups in total. The summed E-state index contributed by atoms with van der Waals surface area (Å²) in [6.45, 7) is 0.140. The molecule has 8 nitrogen and oxygen atoms in total. The van der Waals surface area contributed by atoms with E-state index in [1.54, 1.807) is 30.3 Å². The first-order chi connectivity index (χ1) is 16.0. The molecule has 2 aliphatic rings. The fraction of sp³-hybridized carbons (Fsp3) is 0.167. The van der Waals surface area contributed by atoms with Crippen molar-refractivity contribution in [3.05, 3.63) is 105 Å². The number of hydrogen-bond acceptors (Lipinski definition) is 6. The van der Waals surface area contributed by atoms with Gasteiger partial charge < -0.3 is 0 Å². The van der Waals surface area contributed by atoms with E-state index in [2.05, 4.69) is 0 Å². The second kappa shape index (κ2) is 8.31. The van der Waals surface area contributed by atoms with E-state index < -0.39 is 28.9 Å². The van der Waals surface area contributed by atoms with Gasteiger partial charge in [-0.1, -0.05) is 66.2 Å². The summed E-state index contributed by atoms with van der Waals surface area (Å²) in [4.78, 5) is 44.7. The van der Waals surface area contributed by atoms with Crippen molar-refractivity contribution in [3.8, 4) is 0 Å². The topological polar surface area (TPSA) is 93.0 Å². The molecule has 2 fully saturated rings. The van der Waals surface area contributed by atoms with Gasteiger partial charge in [0.05, 0.1) is 23.2 Å². The minimum Gasteiger partial charge on any atom is -0.275 e. The highest BCUT2D eigenvalue weighted by Gasteiger charge is 2.60. The standard InChI is InChI=1S/C24H18ClN3O5/c25-19-12-5-4-11-18(19)21-20-22(33-27(21)16-9-6-10-17(13-16)28(31)32)24(30)26(23(20)29)14-15-7-2-1-3-8-15/h1-13,20-22H,14H2/t20-,21+,22-/m0/s1. The van der Waals surface area contributed by atoms with Crippen LogP contribution in [0.3, 0.4) is 0 Å². The summed E-state index contributed by atoms with van der Waals surface area (Å²) < 4.78 is 0. The van der Waals surface area contributed by atoms with Crippen LogP contribution in [0.1, 0.15) is 17.2 Å². The molecule has 0 aliphatic carbocycles. The van der Waals surface area contributed by atoms with Crippen LogP contribution >= 0.6 is 11.6 Å².